The number of nitrogens with two attached hydrogens (primary N) is 2. The Morgan fingerprint density at radius 1 is 1.08 bits per heavy atom. The van der Waals surface area contributed by atoms with Crippen LogP contribution in [0.2, 0.25) is 0 Å². The Balaban J connectivity index is 1.79. The second kappa shape index (κ2) is 14.2. The number of unbranched alkanes of at least 4 members (excludes halogenated alkanes) is 3. The summed E-state index contributed by atoms with van der Waals surface area (Å²) in [6.07, 6.45) is 4.17. The molecular weight excluding hydrogens is 490 g/mol. The number of urea groups is 1. The summed E-state index contributed by atoms with van der Waals surface area (Å²) in [5, 5.41) is 16.9. The first-order valence-corrected chi connectivity index (χ1v) is 13.3. The Labute approximate surface area is 210 Å². The van der Waals surface area contributed by atoms with Gasteiger partial charge in [-0.3, -0.25) is 21.3 Å². The first kappa shape index (κ1) is 28.8. The van der Waals surface area contributed by atoms with Gasteiger partial charge in [-0.25, -0.2) is 18.0 Å². The molecular formula is C22H36N7O6S+. The molecule has 1 aromatic carbocycles. The molecule has 0 spiro atoms. The number of carboxylic acids is 1. The molecule has 1 heterocycles. The van der Waals surface area contributed by atoms with E-state index < -0.39 is 40.0 Å². The van der Waals surface area contributed by atoms with Crippen LogP contribution in [0.3, 0.4) is 0 Å². The summed E-state index contributed by atoms with van der Waals surface area (Å²) < 4.78 is 27.0. The van der Waals surface area contributed by atoms with Gasteiger partial charge in [-0.2, -0.15) is 4.31 Å². The van der Waals surface area contributed by atoms with Crippen LogP contribution in [-0.4, -0.2) is 80.0 Å². The molecule has 36 heavy (non-hydrogen) atoms. The van der Waals surface area contributed by atoms with E-state index in [1.165, 1.54) is 12.1 Å². The highest BCUT2D eigenvalue weighted by molar-refractivity contribution is 7.89. The maximum atomic E-state index is 13.0. The predicted molar refractivity (Wildman–Crippen MR) is 132 cm³/mol. The molecule has 1 aliphatic heterocycles. The Hall–Kier alpha value is -3.39. The lowest BCUT2D eigenvalue weighted by molar-refractivity contribution is -0.459. The van der Waals surface area contributed by atoms with E-state index in [-0.39, 0.29) is 30.4 Å². The number of carbonyl (C=O) groups is 3. The normalized spacial score (nSPS) is 16.6. The van der Waals surface area contributed by atoms with E-state index in [9.17, 15) is 27.9 Å². The van der Waals surface area contributed by atoms with Gasteiger partial charge in [0.25, 0.3) is 0 Å². The topological polar surface area (TPSA) is 211 Å². The summed E-state index contributed by atoms with van der Waals surface area (Å²) in [6, 6.07) is 4.75. The first-order chi connectivity index (χ1) is 17.1. The Morgan fingerprint density at radius 3 is 2.44 bits per heavy atom. The molecule has 1 saturated heterocycles. The molecule has 0 radical (unpaired) electrons. The number of benzene rings is 1. The smallest absolute Gasteiger partial charge is 0.338 e. The van der Waals surface area contributed by atoms with Crippen LogP contribution in [0, 0.1) is 0 Å². The van der Waals surface area contributed by atoms with Gasteiger partial charge < -0.3 is 21.1 Å². The maximum absolute atomic E-state index is 13.0. The third-order valence-corrected chi connectivity index (χ3v) is 7.58. The second-order valence-electron chi connectivity index (χ2n) is 8.42. The highest BCUT2D eigenvalue weighted by Crippen LogP contribution is 2.26. The van der Waals surface area contributed by atoms with Crippen molar-refractivity contribution in [3.8, 4) is 0 Å². The van der Waals surface area contributed by atoms with Crippen molar-refractivity contribution in [3.63, 3.8) is 0 Å². The van der Waals surface area contributed by atoms with E-state index in [4.69, 9.17) is 11.5 Å². The molecule has 0 bridgehead atoms. The number of hydrogen-bond acceptors (Lipinski definition) is 5. The van der Waals surface area contributed by atoms with Gasteiger partial charge >= 0.3 is 18.0 Å². The van der Waals surface area contributed by atoms with Crippen molar-refractivity contribution in [2.45, 2.75) is 55.5 Å². The van der Waals surface area contributed by atoms with Crippen molar-refractivity contribution in [1.82, 2.24) is 20.3 Å². The quantitative estimate of drug-likeness (QED) is 0.0788. The van der Waals surface area contributed by atoms with Gasteiger partial charge in [0.1, 0.15) is 12.1 Å². The second-order valence-corrected chi connectivity index (χ2v) is 10.3. The van der Waals surface area contributed by atoms with Gasteiger partial charge in [0.15, 0.2) is 0 Å². The summed E-state index contributed by atoms with van der Waals surface area (Å²) in [6.45, 7) is 0.885. The summed E-state index contributed by atoms with van der Waals surface area (Å²) >= 11 is 0. The molecule has 13 nitrogen and oxygen atoms in total. The molecule has 200 valence electrons. The number of amides is 3. The lowest BCUT2D eigenvalue weighted by Gasteiger charge is -2.25. The molecule has 2 rings (SSSR count). The van der Waals surface area contributed by atoms with E-state index >= 15 is 0 Å². The van der Waals surface area contributed by atoms with Crippen LogP contribution in [0.25, 0.3) is 0 Å². The number of nitrogens with zero attached hydrogens (tertiary/aromatic N) is 1. The molecule has 0 saturated carbocycles. The number of nitrogens with one attached hydrogen (secondary N) is 4. The van der Waals surface area contributed by atoms with Gasteiger partial charge in [0.05, 0.1) is 18.0 Å². The number of carboxylic acid groups (broad SMARTS) is 1. The summed E-state index contributed by atoms with van der Waals surface area (Å²) in [4.78, 5) is 39.4. The Bertz CT molecular complexity index is 1010. The fourth-order valence-electron chi connectivity index (χ4n) is 3.78. The van der Waals surface area contributed by atoms with Crippen molar-refractivity contribution in [3.05, 3.63) is 30.3 Å². The zero-order valence-electron chi connectivity index (χ0n) is 20.1. The van der Waals surface area contributed by atoms with Crippen molar-refractivity contribution < 1.29 is 32.9 Å². The monoisotopic (exact) mass is 526 g/mol. The average molecular weight is 527 g/mol. The summed E-state index contributed by atoms with van der Waals surface area (Å²) in [5.41, 5.74) is 10.6. The zero-order valence-corrected chi connectivity index (χ0v) is 20.9. The number of rotatable bonds is 14. The molecule has 0 aliphatic carbocycles. The van der Waals surface area contributed by atoms with Crippen LogP contribution in [0.4, 0.5) is 4.79 Å². The fraction of sp³-hybridized carbons (Fsp3) is 0.545. The van der Waals surface area contributed by atoms with Crippen LogP contribution in [0.1, 0.15) is 38.5 Å². The third-order valence-electron chi connectivity index (χ3n) is 5.66. The fourth-order valence-corrected chi connectivity index (χ4v) is 5.46. The van der Waals surface area contributed by atoms with Crippen LogP contribution >= 0.6 is 0 Å². The zero-order chi connectivity index (χ0) is 26.6. The van der Waals surface area contributed by atoms with Crippen LogP contribution < -0.4 is 32.4 Å². The highest BCUT2D eigenvalue weighted by Gasteiger charge is 2.40. The molecule has 3 amide bonds. The van der Waals surface area contributed by atoms with Gasteiger partial charge in [-0.05, 0) is 37.8 Å². The number of sulfonamides is 1. The predicted octanol–water partition coefficient (Wildman–Crippen LogP) is -2.38. The molecule has 2 unspecified atom stereocenters. The SMILES string of the molecule is NC(N)=[NH+]CCCCCCNC(=O)NCC(NC(=O)C1CCCN1S(=O)(=O)c1ccccc1)C(=O)O. The molecule has 1 aromatic rings. The number of carbonyl (C=O) groups excluding carboxylic acids is 2. The van der Waals surface area contributed by atoms with E-state index in [0.29, 0.717) is 19.5 Å². The first-order valence-electron chi connectivity index (χ1n) is 11.9. The van der Waals surface area contributed by atoms with Crippen LogP contribution in [0.5, 0.6) is 0 Å². The maximum Gasteiger partial charge on any atom is 0.338 e. The standard InChI is InChI=1S/C22H35N7O6S/c23-21(24)25-12-6-1-2-7-13-26-22(33)27-15-17(20(31)32)28-19(30)18-11-8-14-29(18)36(34,35)16-9-4-3-5-10-16/h3-5,9-10,17-18H,1-2,6-8,11-15H2,(H,28,30)(H,31,32)(H4,23,24,25)(H2,26,27,33)/p+1. The average Bonchev–Trinajstić information content (AvgIpc) is 3.34. The van der Waals surface area contributed by atoms with Gasteiger partial charge in [0, 0.05) is 13.1 Å². The van der Waals surface area contributed by atoms with E-state index in [2.05, 4.69) is 20.9 Å². The minimum atomic E-state index is -3.91. The number of hydrogen-bond donors (Lipinski definition) is 7. The molecule has 2 atom stereocenters. The van der Waals surface area contributed by atoms with Crippen LogP contribution in [0.15, 0.2) is 35.2 Å². The van der Waals surface area contributed by atoms with Crippen molar-refractivity contribution in [2.75, 3.05) is 26.2 Å². The molecule has 1 fully saturated rings. The highest BCUT2D eigenvalue weighted by atomic mass is 32.2. The Morgan fingerprint density at radius 2 is 1.78 bits per heavy atom. The lowest BCUT2D eigenvalue weighted by atomic mass is 10.2. The molecule has 9 N–H and O–H groups in total. The van der Waals surface area contributed by atoms with Crippen molar-refractivity contribution in [2.24, 2.45) is 11.5 Å². The summed E-state index contributed by atoms with van der Waals surface area (Å²) in [5.74, 6) is -1.88. The summed E-state index contributed by atoms with van der Waals surface area (Å²) in [7, 11) is -3.91. The van der Waals surface area contributed by atoms with E-state index in [1.807, 2.05) is 0 Å². The number of guanidine groups is 1. The molecule has 1 aliphatic rings. The van der Waals surface area contributed by atoms with E-state index in [1.54, 1.807) is 18.2 Å². The minimum Gasteiger partial charge on any atom is -0.480 e. The van der Waals surface area contributed by atoms with E-state index in [0.717, 1.165) is 30.0 Å². The van der Waals surface area contributed by atoms with Gasteiger partial charge in [0.2, 0.25) is 15.9 Å². The number of aliphatic carboxylic acids is 1. The third kappa shape index (κ3) is 9.00. The molecule has 14 heteroatoms. The van der Waals surface area contributed by atoms with Crippen molar-refractivity contribution >= 4 is 33.9 Å². The van der Waals surface area contributed by atoms with Gasteiger partial charge in [-0.1, -0.05) is 31.0 Å². The van der Waals surface area contributed by atoms with Crippen LogP contribution in [-0.2, 0) is 19.6 Å². The lowest BCUT2D eigenvalue weighted by Crippen LogP contribution is -2.78. The minimum absolute atomic E-state index is 0.0632. The molecule has 0 aromatic heterocycles. The van der Waals surface area contributed by atoms with Gasteiger partial charge in [-0.15, -0.1) is 0 Å². The van der Waals surface area contributed by atoms with Crippen molar-refractivity contribution in [1.29, 1.82) is 0 Å². The largest absolute Gasteiger partial charge is 0.480 e. The Kier molecular flexibility index (Phi) is 11.4.